The van der Waals surface area contributed by atoms with Crippen LogP contribution in [0.5, 0.6) is 0 Å². The molecule has 0 unspecified atom stereocenters. The zero-order chi connectivity index (χ0) is 24.8. The summed E-state index contributed by atoms with van der Waals surface area (Å²) in [6.07, 6.45) is 6.45. The van der Waals surface area contributed by atoms with Crippen molar-refractivity contribution in [2.24, 2.45) is 0 Å². The van der Waals surface area contributed by atoms with Gasteiger partial charge < -0.3 is 0 Å². The maximum absolute atomic E-state index is 6.41. The molecule has 0 atom stereocenters. The van der Waals surface area contributed by atoms with Crippen LogP contribution >= 0.6 is 11.6 Å². The van der Waals surface area contributed by atoms with E-state index in [2.05, 4.69) is 71.7 Å². The Morgan fingerprint density at radius 1 is 0.568 bits per heavy atom. The van der Waals surface area contributed by atoms with Gasteiger partial charge in [0.05, 0.1) is 5.69 Å². The summed E-state index contributed by atoms with van der Waals surface area (Å²) < 4.78 is 0. The second kappa shape index (κ2) is 8.97. The lowest BCUT2D eigenvalue weighted by atomic mass is 9.68. The van der Waals surface area contributed by atoms with Gasteiger partial charge in [-0.15, -0.1) is 0 Å². The molecule has 3 heteroatoms. The summed E-state index contributed by atoms with van der Waals surface area (Å²) in [4.78, 5) is 9.28. The molecule has 0 aliphatic heterocycles. The lowest BCUT2D eigenvalue weighted by molar-refractivity contribution is 0.353. The van der Waals surface area contributed by atoms with E-state index >= 15 is 0 Å². The number of hydrogen-bond donors (Lipinski definition) is 0. The minimum atomic E-state index is 0.172. The zero-order valence-electron chi connectivity index (χ0n) is 20.6. The zero-order valence-corrected chi connectivity index (χ0v) is 21.4. The van der Waals surface area contributed by atoms with E-state index in [0.717, 1.165) is 16.8 Å². The predicted molar refractivity (Wildman–Crippen MR) is 153 cm³/mol. The van der Waals surface area contributed by atoms with Crippen molar-refractivity contribution in [1.29, 1.82) is 0 Å². The van der Waals surface area contributed by atoms with Gasteiger partial charge in [0.15, 0.2) is 5.82 Å². The predicted octanol–water partition coefficient (Wildman–Crippen LogP) is 9.36. The Hall–Kier alpha value is -3.75. The van der Waals surface area contributed by atoms with Crippen molar-refractivity contribution in [3.05, 3.63) is 119 Å². The van der Waals surface area contributed by atoms with Crippen LogP contribution in [0.15, 0.2) is 103 Å². The van der Waals surface area contributed by atoms with Gasteiger partial charge >= 0.3 is 0 Å². The van der Waals surface area contributed by atoms with E-state index in [1.54, 1.807) is 0 Å². The molecule has 2 aliphatic carbocycles. The van der Waals surface area contributed by atoms with Gasteiger partial charge in [-0.25, -0.2) is 9.97 Å². The molecule has 1 aromatic heterocycles. The van der Waals surface area contributed by atoms with E-state index < -0.39 is 0 Å². The minimum Gasteiger partial charge on any atom is -0.228 e. The van der Waals surface area contributed by atoms with Crippen molar-refractivity contribution >= 4 is 11.6 Å². The van der Waals surface area contributed by atoms with Crippen molar-refractivity contribution < 1.29 is 0 Å². The average Bonchev–Trinajstić information content (AvgIpc) is 3.23. The van der Waals surface area contributed by atoms with E-state index in [0.29, 0.717) is 11.0 Å². The number of rotatable bonds is 3. The molecule has 180 valence electrons. The summed E-state index contributed by atoms with van der Waals surface area (Å²) >= 11 is 6.41. The highest BCUT2D eigenvalue weighted by Crippen LogP contribution is 2.57. The van der Waals surface area contributed by atoms with Crippen molar-refractivity contribution in [2.45, 2.75) is 37.5 Å². The van der Waals surface area contributed by atoms with Crippen LogP contribution in [0.25, 0.3) is 44.9 Å². The molecule has 1 heterocycles. The molecular weight excluding hydrogens is 472 g/mol. The highest BCUT2D eigenvalue weighted by atomic mass is 35.5. The Labute approximate surface area is 223 Å². The molecule has 2 aliphatic rings. The monoisotopic (exact) mass is 498 g/mol. The summed E-state index contributed by atoms with van der Waals surface area (Å²) in [5, 5.41) is 0.447. The first-order valence-electron chi connectivity index (χ1n) is 13.2. The van der Waals surface area contributed by atoms with Crippen molar-refractivity contribution in [3.8, 4) is 44.9 Å². The summed E-state index contributed by atoms with van der Waals surface area (Å²) in [5.41, 5.74) is 11.4. The largest absolute Gasteiger partial charge is 0.228 e. The third-order valence-electron chi connectivity index (χ3n) is 8.22. The Morgan fingerprint density at radius 2 is 1.24 bits per heavy atom. The fourth-order valence-electron chi connectivity index (χ4n) is 6.54. The molecule has 1 fully saturated rings. The fourth-order valence-corrected chi connectivity index (χ4v) is 6.73. The van der Waals surface area contributed by atoms with Crippen LogP contribution in [-0.4, -0.2) is 9.97 Å². The normalized spacial score (nSPS) is 15.4. The number of halogens is 1. The molecule has 7 rings (SSSR count). The topological polar surface area (TPSA) is 25.8 Å². The number of nitrogens with zero attached hydrogens (tertiary/aromatic N) is 2. The SMILES string of the molecule is Clc1cc(-c2ccc(-c3cccc4c3-c3ccccc3C43CCCCC3)cc2)nc(-c2ccccc2)n1. The standard InChI is InChI=1S/C34H27ClN2/c35-31-22-30(36-33(37-31)25-10-3-1-4-11-25)24-18-16-23(17-19-24)26-13-9-15-29-32(26)27-12-5-6-14-28(27)34(29)20-7-2-8-21-34/h1,3-6,9-19,22H,2,7-8,20-21H2. The first kappa shape index (κ1) is 22.4. The maximum atomic E-state index is 6.41. The molecule has 0 saturated heterocycles. The van der Waals surface area contributed by atoms with Crippen LogP contribution in [0.2, 0.25) is 5.15 Å². The van der Waals surface area contributed by atoms with Gasteiger partial charge in [-0.1, -0.05) is 128 Å². The first-order valence-corrected chi connectivity index (χ1v) is 13.5. The molecular formula is C34H27ClN2. The van der Waals surface area contributed by atoms with Gasteiger partial charge in [0, 0.05) is 22.6 Å². The third kappa shape index (κ3) is 3.70. The lowest BCUT2D eigenvalue weighted by Crippen LogP contribution is -2.27. The number of fused-ring (bicyclic) bond motifs is 5. The smallest absolute Gasteiger partial charge is 0.161 e. The summed E-state index contributed by atoms with van der Waals surface area (Å²) in [6, 6.07) is 36.6. The van der Waals surface area contributed by atoms with E-state index in [9.17, 15) is 0 Å². The number of benzene rings is 4. The van der Waals surface area contributed by atoms with Gasteiger partial charge in [-0.2, -0.15) is 0 Å². The molecule has 0 radical (unpaired) electrons. The van der Waals surface area contributed by atoms with Crippen molar-refractivity contribution in [1.82, 2.24) is 9.97 Å². The van der Waals surface area contributed by atoms with Crippen molar-refractivity contribution in [2.75, 3.05) is 0 Å². The Kier molecular flexibility index (Phi) is 5.44. The molecule has 1 saturated carbocycles. The highest BCUT2D eigenvalue weighted by Gasteiger charge is 2.44. The average molecular weight is 499 g/mol. The van der Waals surface area contributed by atoms with Gasteiger partial charge in [-0.05, 0) is 46.2 Å². The summed E-state index contributed by atoms with van der Waals surface area (Å²) in [7, 11) is 0. The molecule has 1 spiro atoms. The van der Waals surface area contributed by atoms with Gasteiger partial charge in [0.25, 0.3) is 0 Å². The van der Waals surface area contributed by atoms with Crippen LogP contribution in [0.4, 0.5) is 0 Å². The lowest BCUT2D eigenvalue weighted by Gasteiger charge is -2.36. The summed E-state index contributed by atoms with van der Waals surface area (Å²) in [5.74, 6) is 0.641. The van der Waals surface area contributed by atoms with Crippen LogP contribution in [0.3, 0.4) is 0 Å². The maximum Gasteiger partial charge on any atom is 0.161 e. The van der Waals surface area contributed by atoms with Gasteiger partial charge in [0.1, 0.15) is 5.15 Å². The first-order chi connectivity index (χ1) is 18.2. The van der Waals surface area contributed by atoms with E-state index in [-0.39, 0.29) is 5.41 Å². The second-order valence-corrected chi connectivity index (χ2v) is 10.6. The van der Waals surface area contributed by atoms with Crippen LogP contribution in [0, 0.1) is 0 Å². The van der Waals surface area contributed by atoms with Gasteiger partial charge in [-0.3, -0.25) is 0 Å². The number of hydrogen-bond acceptors (Lipinski definition) is 2. The highest BCUT2D eigenvalue weighted by molar-refractivity contribution is 6.29. The van der Waals surface area contributed by atoms with E-state index in [4.69, 9.17) is 16.6 Å². The molecule has 0 bridgehead atoms. The van der Waals surface area contributed by atoms with E-state index in [1.165, 1.54) is 65.5 Å². The molecule has 4 aromatic carbocycles. The molecule has 37 heavy (non-hydrogen) atoms. The Morgan fingerprint density at radius 3 is 2.05 bits per heavy atom. The third-order valence-corrected chi connectivity index (χ3v) is 8.41. The molecule has 5 aromatic rings. The van der Waals surface area contributed by atoms with Crippen LogP contribution < -0.4 is 0 Å². The molecule has 0 N–H and O–H groups in total. The van der Waals surface area contributed by atoms with Gasteiger partial charge in [0.2, 0.25) is 0 Å². The Balaban J connectivity index is 1.31. The quantitative estimate of drug-likeness (QED) is 0.231. The molecule has 2 nitrogen and oxygen atoms in total. The molecule has 0 amide bonds. The van der Waals surface area contributed by atoms with Crippen molar-refractivity contribution in [3.63, 3.8) is 0 Å². The van der Waals surface area contributed by atoms with E-state index in [1.807, 2.05) is 36.4 Å². The fraction of sp³-hybridized carbons (Fsp3) is 0.176. The van der Waals surface area contributed by atoms with Crippen LogP contribution in [-0.2, 0) is 5.41 Å². The van der Waals surface area contributed by atoms with Crippen LogP contribution in [0.1, 0.15) is 43.2 Å². The minimum absolute atomic E-state index is 0.172. The second-order valence-electron chi connectivity index (χ2n) is 10.3. The summed E-state index contributed by atoms with van der Waals surface area (Å²) in [6.45, 7) is 0. The number of aromatic nitrogens is 2. The Bertz CT molecular complexity index is 1600.